The molecule has 1 rings (SSSR count). The smallest absolute Gasteiger partial charge is 0.328 e. The van der Waals surface area contributed by atoms with E-state index in [4.69, 9.17) is 22.9 Å². The third-order valence-corrected chi connectivity index (χ3v) is 2.97. The molecule has 0 bridgehead atoms. The van der Waals surface area contributed by atoms with Gasteiger partial charge in [0, 0.05) is 0 Å². The Bertz CT molecular complexity index is 92.1. The number of hydrogen-bond acceptors (Lipinski definition) is 3. The van der Waals surface area contributed by atoms with E-state index >= 15 is 0 Å². The number of nitrogens with zero attached hydrogens (tertiary/aromatic N) is 3. The Balaban J connectivity index is 2.68. The standard InChI is InChI=1S/C3H9B2Cl2N3/c1-8-4(6)9(2)10(3)5(8)7/h1-3H3. The van der Waals surface area contributed by atoms with Crippen LogP contribution in [0.3, 0.4) is 0 Å². The molecule has 1 fully saturated rings. The van der Waals surface area contributed by atoms with Gasteiger partial charge in [-0.15, -0.1) is 22.9 Å². The maximum Gasteiger partial charge on any atom is 0.423 e. The highest BCUT2D eigenvalue weighted by Crippen LogP contribution is 2.19. The topological polar surface area (TPSA) is 9.72 Å². The van der Waals surface area contributed by atoms with Gasteiger partial charge in [-0.3, -0.25) is 9.84 Å². The minimum absolute atomic E-state index is 0.132. The maximum atomic E-state index is 5.93. The molecule has 0 aromatic carbocycles. The summed E-state index contributed by atoms with van der Waals surface area (Å²) in [7, 11) is 5.68. The highest BCUT2D eigenvalue weighted by Gasteiger charge is 2.44. The fraction of sp³-hybridized carbons (Fsp3) is 1.00. The second-order valence-electron chi connectivity index (χ2n) is 2.43. The molecule has 0 radical (unpaired) electrons. The maximum absolute atomic E-state index is 5.93. The van der Waals surface area contributed by atoms with Crippen molar-refractivity contribution in [3.05, 3.63) is 0 Å². The zero-order valence-electron chi connectivity index (χ0n) is 6.25. The van der Waals surface area contributed by atoms with E-state index in [1.165, 1.54) is 0 Å². The molecular weight excluding hydrogens is 171 g/mol. The van der Waals surface area contributed by atoms with Gasteiger partial charge in [0.25, 0.3) is 0 Å². The Hall–Kier alpha value is 0.590. The Morgan fingerprint density at radius 3 is 1.30 bits per heavy atom. The molecule has 1 heterocycles. The lowest BCUT2D eigenvalue weighted by atomic mass is 9.99. The van der Waals surface area contributed by atoms with Crippen LogP contribution >= 0.6 is 22.9 Å². The van der Waals surface area contributed by atoms with Gasteiger partial charge in [-0.05, 0) is 21.1 Å². The number of hydrogen-bond donors (Lipinski definition) is 0. The summed E-state index contributed by atoms with van der Waals surface area (Å²) in [6.07, 6.45) is -0.264. The molecule has 7 heteroatoms. The lowest BCUT2D eigenvalue weighted by Crippen LogP contribution is -2.38. The Morgan fingerprint density at radius 1 is 0.900 bits per heavy atom. The molecule has 1 aliphatic rings. The van der Waals surface area contributed by atoms with Gasteiger partial charge < -0.3 is 4.72 Å². The van der Waals surface area contributed by atoms with Crippen LogP contribution in [0.2, 0.25) is 0 Å². The van der Waals surface area contributed by atoms with Crippen molar-refractivity contribution in [2.45, 2.75) is 0 Å². The lowest BCUT2D eigenvalue weighted by molar-refractivity contribution is 0.252. The van der Waals surface area contributed by atoms with Crippen molar-refractivity contribution in [3.63, 3.8) is 0 Å². The van der Waals surface area contributed by atoms with E-state index in [1.54, 1.807) is 0 Å². The molecule has 1 aliphatic heterocycles. The zero-order valence-corrected chi connectivity index (χ0v) is 7.76. The van der Waals surface area contributed by atoms with Crippen molar-refractivity contribution in [2.24, 2.45) is 0 Å². The third-order valence-electron chi connectivity index (χ3n) is 1.79. The van der Waals surface area contributed by atoms with E-state index in [9.17, 15) is 0 Å². The molecular formula is C3H9B2Cl2N3. The van der Waals surface area contributed by atoms with Crippen LogP contribution in [0, 0.1) is 0 Å². The van der Waals surface area contributed by atoms with Crippen molar-refractivity contribution >= 4 is 35.7 Å². The molecule has 0 spiro atoms. The molecule has 0 amide bonds. The first kappa shape index (κ1) is 8.68. The quantitative estimate of drug-likeness (QED) is 0.491. The molecule has 0 aromatic rings. The molecule has 0 saturated carbocycles. The van der Waals surface area contributed by atoms with Gasteiger partial charge in [-0.25, -0.2) is 0 Å². The van der Waals surface area contributed by atoms with Gasteiger partial charge in [0.15, 0.2) is 0 Å². The molecule has 0 atom stereocenters. The zero-order chi connectivity index (χ0) is 7.89. The normalized spacial score (nSPS) is 24.9. The summed E-state index contributed by atoms with van der Waals surface area (Å²) < 4.78 is 1.86. The summed E-state index contributed by atoms with van der Waals surface area (Å²) in [5.41, 5.74) is 0. The van der Waals surface area contributed by atoms with Gasteiger partial charge in [0.05, 0.1) is 0 Å². The molecule has 0 aromatic heterocycles. The predicted octanol–water partition coefficient (Wildman–Crippen LogP) is 0.158. The minimum atomic E-state index is -0.132. The van der Waals surface area contributed by atoms with Crippen molar-refractivity contribution in [3.8, 4) is 0 Å². The molecule has 1 saturated heterocycles. The van der Waals surface area contributed by atoms with Crippen LogP contribution in [-0.2, 0) is 0 Å². The fourth-order valence-corrected chi connectivity index (χ4v) is 1.48. The molecule has 0 N–H and O–H groups in total. The van der Waals surface area contributed by atoms with Gasteiger partial charge in [0.1, 0.15) is 0 Å². The molecule has 0 aliphatic carbocycles. The summed E-state index contributed by atoms with van der Waals surface area (Å²) in [6.45, 7) is 0. The molecule has 10 heavy (non-hydrogen) atoms. The van der Waals surface area contributed by atoms with Crippen LogP contribution in [0.4, 0.5) is 0 Å². The van der Waals surface area contributed by atoms with Crippen molar-refractivity contribution in [2.75, 3.05) is 21.1 Å². The molecule has 3 nitrogen and oxygen atoms in total. The van der Waals surface area contributed by atoms with Crippen LogP contribution in [0.1, 0.15) is 0 Å². The summed E-state index contributed by atoms with van der Waals surface area (Å²) in [5, 5.41) is 0. The summed E-state index contributed by atoms with van der Waals surface area (Å²) in [5.74, 6) is 0. The lowest BCUT2D eigenvalue weighted by Gasteiger charge is -2.19. The Labute approximate surface area is 71.9 Å². The molecule has 56 valence electrons. The first-order chi connectivity index (χ1) is 4.55. The highest BCUT2D eigenvalue weighted by atomic mass is 35.5. The predicted molar refractivity (Wildman–Crippen MR) is 46.5 cm³/mol. The summed E-state index contributed by atoms with van der Waals surface area (Å²) in [4.78, 5) is 3.75. The van der Waals surface area contributed by atoms with Crippen molar-refractivity contribution in [1.29, 1.82) is 0 Å². The van der Waals surface area contributed by atoms with Gasteiger partial charge >= 0.3 is 12.8 Å². The van der Waals surface area contributed by atoms with E-state index in [0.29, 0.717) is 0 Å². The molecule has 0 unspecified atom stereocenters. The van der Waals surface area contributed by atoms with Gasteiger partial charge in [0.2, 0.25) is 0 Å². The Kier molecular flexibility index (Phi) is 2.53. The van der Waals surface area contributed by atoms with E-state index in [-0.39, 0.29) is 12.8 Å². The largest absolute Gasteiger partial charge is 0.423 e. The average molecular weight is 180 g/mol. The van der Waals surface area contributed by atoms with E-state index in [2.05, 4.69) is 0 Å². The number of hydrazine groups is 1. The van der Waals surface area contributed by atoms with Crippen LogP contribution in [0.25, 0.3) is 0 Å². The summed E-state index contributed by atoms with van der Waals surface area (Å²) >= 11 is 11.9. The number of halogens is 2. The van der Waals surface area contributed by atoms with Gasteiger partial charge in [-0.1, -0.05) is 0 Å². The minimum Gasteiger partial charge on any atom is -0.328 e. The van der Waals surface area contributed by atoms with Crippen molar-refractivity contribution < 1.29 is 0 Å². The van der Waals surface area contributed by atoms with Crippen LogP contribution in [-0.4, -0.2) is 48.5 Å². The summed E-state index contributed by atoms with van der Waals surface area (Å²) in [6, 6.07) is 0. The highest BCUT2D eigenvalue weighted by molar-refractivity contribution is 7.16. The Morgan fingerprint density at radius 2 is 1.20 bits per heavy atom. The van der Waals surface area contributed by atoms with Crippen LogP contribution in [0.15, 0.2) is 0 Å². The fourth-order valence-electron chi connectivity index (χ4n) is 0.929. The average Bonchev–Trinajstić information content (AvgIpc) is 2.07. The monoisotopic (exact) mass is 179 g/mol. The van der Waals surface area contributed by atoms with E-state index in [1.807, 2.05) is 35.7 Å². The van der Waals surface area contributed by atoms with E-state index < -0.39 is 0 Å². The van der Waals surface area contributed by atoms with Crippen LogP contribution in [0.5, 0.6) is 0 Å². The number of rotatable bonds is 0. The third kappa shape index (κ3) is 1.17. The first-order valence-corrected chi connectivity index (χ1v) is 3.88. The first-order valence-electron chi connectivity index (χ1n) is 3.01. The second-order valence-corrected chi connectivity index (χ2v) is 3.21. The van der Waals surface area contributed by atoms with E-state index in [0.717, 1.165) is 0 Å². The van der Waals surface area contributed by atoms with Gasteiger partial charge in [-0.2, -0.15) is 0 Å². The van der Waals surface area contributed by atoms with Crippen LogP contribution < -0.4 is 0 Å². The van der Waals surface area contributed by atoms with Crippen molar-refractivity contribution in [1.82, 2.24) is 14.6 Å². The SMILES string of the molecule is CN1B(Cl)N(C)N(C)B1Cl. The second kappa shape index (κ2) is 2.91.